The third-order valence-electron chi connectivity index (χ3n) is 5.79. The zero-order valence-corrected chi connectivity index (χ0v) is 17.0. The van der Waals surface area contributed by atoms with E-state index in [0.29, 0.717) is 0 Å². The molecule has 4 aromatic rings. The van der Waals surface area contributed by atoms with Crippen molar-refractivity contribution < 1.29 is 4.74 Å². The van der Waals surface area contributed by atoms with Crippen LogP contribution in [0.1, 0.15) is 17.2 Å². The van der Waals surface area contributed by atoms with Crippen LogP contribution >= 0.6 is 0 Å². The van der Waals surface area contributed by atoms with E-state index in [-0.39, 0.29) is 6.04 Å². The van der Waals surface area contributed by atoms with Crippen molar-refractivity contribution in [1.82, 2.24) is 10.2 Å². The zero-order valence-electron chi connectivity index (χ0n) is 17.0. The fourth-order valence-electron chi connectivity index (χ4n) is 4.39. The van der Waals surface area contributed by atoms with Crippen molar-refractivity contribution in [2.45, 2.75) is 6.04 Å². The van der Waals surface area contributed by atoms with Gasteiger partial charge in [-0.15, -0.1) is 0 Å². The van der Waals surface area contributed by atoms with Crippen LogP contribution in [-0.4, -0.2) is 31.1 Å². The quantitative estimate of drug-likeness (QED) is 0.475. The van der Waals surface area contributed by atoms with Crippen LogP contribution in [0, 0.1) is 0 Å². The molecule has 150 valence electrons. The summed E-state index contributed by atoms with van der Waals surface area (Å²) in [6, 6.07) is 34.1. The number of rotatable bonds is 5. The molecule has 0 bridgehead atoms. The number of nitrogens with zero attached hydrogens (tertiary/aromatic N) is 1. The van der Waals surface area contributed by atoms with Gasteiger partial charge in [0.15, 0.2) is 0 Å². The largest absolute Gasteiger partial charge is 0.457 e. The van der Waals surface area contributed by atoms with Gasteiger partial charge in [-0.1, -0.05) is 72.8 Å². The average Bonchev–Trinajstić information content (AvgIpc) is 2.81. The van der Waals surface area contributed by atoms with Crippen LogP contribution in [-0.2, 0) is 0 Å². The van der Waals surface area contributed by atoms with Gasteiger partial charge in [-0.2, -0.15) is 0 Å². The molecular formula is C27H26N2O. The Balaban J connectivity index is 1.58. The molecule has 4 aromatic carbocycles. The Hall–Kier alpha value is -3.14. The summed E-state index contributed by atoms with van der Waals surface area (Å²) in [4.78, 5) is 2.58. The summed E-state index contributed by atoms with van der Waals surface area (Å²) in [5.41, 5.74) is 2.62. The predicted octanol–water partition coefficient (Wildman–Crippen LogP) is 5.63. The fourth-order valence-corrected chi connectivity index (χ4v) is 4.39. The Morgan fingerprint density at radius 2 is 1.40 bits per heavy atom. The van der Waals surface area contributed by atoms with Crippen LogP contribution in [0.3, 0.4) is 0 Å². The van der Waals surface area contributed by atoms with Crippen LogP contribution in [0.25, 0.3) is 10.8 Å². The number of fused-ring (bicyclic) bond motifs is 1. The Morgan fingerprint density at radius 3 is 2.27 bits per heavy atom. The van der Waals surface area contributed by atoms with Crippen LogP contribution in [0.4, 0.5) is 0 Å². The topological polar surface area (TPSA) is 24.5 Å². The SMILES string of the molecule is c1ccc(Oc2cccc(C(c3cccc4ccccc34)N3CCNCC3)c2)cc1. The Morgan fingerprint density at radius 1 is 0.700 bits per heavy atom. The molecule has 1 aliphatic heterocycles. The van der Waals surface area contributed by atoms with Gasteiger partial charge in [0.1, 0.15) is 11.5 Å². The lowest BCUT2D eigenvalue weighted by atomic mass is 9.92. The van der Waals surface area contributed by atoms with E-state index in [0.717, 1.165) is 37.7 Å². The second-order valence-corrected chi connectivity index (χ2v) is 7.74. The average molecular weight is 395 g/mol. The third-order valence-corrected chi connectivity index (χ3v) is 5.79. The van der Waals surface area contributed by atoms with Gasteiger partial charge in [-0.05, 0) is 46.2 Å². The Kier molecular flexibility index (Phi) is 5.47. The van der Waals surface area contributed by atoms with Crippen molar-refractivity contribution >= 4 is 10.8 Å². The summed E-state index contributed by atoms with van der Waals surface area (Å²) in [5.74, 6) is 1.73. The minimum absolute atomic E-state index is 0.192. The predicted molar refractivity (Wildman–Crippen MR) is 123 cm³/mol. The molecule has 1 saturated heterocycles. The van der Waals surface area contributed by atoms with E-state index >= 15 is 0 Å². The number of piperazine rings is 1. The minimum Gasteiger partial charge on any atom is -0.457 e. The number of nitrogens with one attached hydrogen (secondary N) is 1. The highest BCUT2D eigenvalue weighted by Gasteiger charge is 2.25. The maximum Gasteiger partial charge on any atom is 0.127 e. The first kappa shape index (κ1) is 18.9. The maximum absolute atomic E-state index is 6.15. The lowest BCUT2D eigenvalue weighted by Crippen LogP contribution is -2.45. The van der Waals surface area contributed by atoms with E-state index in [1.165, 1.54) is 21.9 Å². The molecule has 30 heavy (non-hydrogen) atoms. The maximum atomic E-state index is 6.15. The van der Waals surface area contributed by atoms with Crippen LogP contribution in [0.15, 0.2) is 97.1 Å². The van der Waals surface area contributed by atoms with E-state index in [4.69, 9.17) is 4.74 Å². The normalized spacial score (nSPS) is 15.7. The van der Waals surface area contributed by atoms with Gasteiger partial charge in [0.05, 0.1) is 6.04 Å². The first-order valence-electron chi connectivity index (χ1n) is 10.6. The molecule has 0 aromatic heterocycles. The van der Waals surface area contributed by atoms with Crippen LogP contribution in [0.2, 0.25) is 0 Å². The van der Waals surface area contributed by atoms with Crippen molar-refractivity contribution in [3.63, 3.8) is 0 Å². The summed E-state index contributed by atoms with van der Waals surface area (Å²) in [7, 11) is 0. The third kappa shape index (κ3) is 3.95. The summed E-state index contributed by atoms with van der Waals surface area (Å²) >= 11 is 0. The molecule has 0 saturated carbocycles. The van der Waals surface area contributed by atoms with Gasteiger partial charge in [0.25, 0.3) is 0 Å². The molecule has 0 radical (unpaired) electrons. The highest BCUT2D eigenvalue weighted by atomic mass is 16.5. The lowest BCUT2D eigenvalue weighted by Gasteiger charge is -2.36. The molecule has 1 N–H and O–H groups in total. The monoisotopic (exact) mass is 394 g/mol. The molecule has 3 nitrogen and oxygen atoms in total. The number of ether oxygens (including phenoxy) is 1. The highest BCUT2D eigenvalue weighted by Crippen LogP contribution is 2.35. The van der Waals surface area contributed by atoms with Gasteiger partial charge in [-0.25, -0.2) is 0 Å². The summed E-state index contributed by atoms with van der Waals surface area (Å²) in [5, 5.41) is 6.09. The molecule has 0 aliphatic carbocycles. The van der Waals surface area contributed by atoms with Crippen molar-refractivity contribution in [3.05, 3.63) is 108 Å². The Bertz CT molecular complexity index is 1110. The highest BCUT2D eigenvalue weighted by molar-refractivity contribution is 5.86. The van der Waals surface area contributed by atoms with E-state index in [1.54, 1.807) is 0 Å². The van der Waals surface area contributed by atoms with Gasteiger partial charge in [0, 0.05) is 26.2 Å². The van der Waals surface area contributed by atoms with Crippen molar-refractivity contribution in [3.8, 4) is 11.5 Å². The second kappa shape index (κ2) is 8.70. The number of para-hydroxylation sites is 1. The molecule has 3 heteroatoms. The molecule has 1 unspecified atom stereocenters. The second-order valence-electron chi connectivity index (χ2n) is 7.74. The smallest absolute Gasteiger partial charge is 0.127 e. The summed E-state index contributed by atoms with van der Waals surface area (Å²) in [6.45, 7) is 4.08. The van der Waals surface area contributed by atoms with Gasteiger partial charge in [-0.3, -0.25) is 4.90 Å². The number of hydrogen-bond donors (Lipinski definition) is 1. The minimum atomic E-state index is 0.192. The number of benzene rings is 4. The molecule has 1 heterocycles. The molecule has 1 atom stereocenters. The molecule has 0 amide bonds. The molecule has 1 fully saturated rings. The van der Waals surface area contributed by atoms with E-state index < -0.39 is 0 Å². The van der Waals surface area contributed by atoms with E-state index in [2.05, 4.69) is 70.9 Å². The first-order chi connectivity index (χ1) is 14.9. The molecule has 0 spiro atoms. The lowest BCUT2D eigenvalue weighted by molar-refractivity contribution is 0.199. The van der Waals surface area contributed by atoms with Crippen molar-refractivity contribution in [2.75, 3.05) is 26.2 Å². The zero-order chi connectivity index (χ0) is 20.2. The number of hydrogen-bond acceptors (Lipinski definition) is 3. The first-order valence-corrected chi connectivity index (χ1v) is 10.6. The van der Waals surface area contributed by atoms with Crippen LogP contribution < -0.4 is 10.1 Å². The van der Waals surface area contributed by atoms with Crippen molar-refractivity contribution in [1.29, 1.82) is 0 Å². The van der Waals surface area contributed by atoms with E-state index in [9.17, 15) is 0 Å². The fraction of sp³-hybridized carbons (Fsp3) is 0.185. The summed E-state index contributed by atoms with van der Waals surface area (Å²) < 4.78 is 6.15. The van der Waals surface area contributed by atoms with Gasteiger partial charge in [0.2, 0.25) is 0 Å². The molecular weight excluding hydrogens is 368 g/mol. The van der Waals surface area contributed by atoms with Gasteiger partial charge < -0.3 is 10.1 Å². The van der Waals surface area contributed by atoms with E-state index in [1.807, 2.05) is 36.4 Å². The van der Waals surface area contributed by atoms with Crippen molar-refractivity contribution in [2.24, 2.45) is 0 Å². The standard InChI is InChI=1S/C27H26N2O/c1-2-11-23(12-3-1)30-24-13-6-10-22(20-24)27(29-18-16-28-17-19-29)26-15-7-9-21-8-4-5-14-25(21)26/h1-15,20,27-28H,16-19H2. The summed E-state index contributed by atoms with van der Waals surface area (Å²) in [6.07, 6.45) is 0. The Labute approximate surface area is 177 Å². The molecule has 5 rings (SSSR count). The van der Waals surface area contributed by atoms with Gasteiger partial charge >= 0.3 is 0 Å². The van der Waals surface area contributed by atoms with Crippen LogP contribution in [0.5, 0.6) is 11.5 Å². The molecule has 1 aliphatic rings.